The third-order valence-corrected chi connectivity index (χ3v) is 2.17. The molecule has 7 heteroatoms. The Bertz CT molecular complexity index is 497. The van der Waals surface area contributed by atoms with Crippen LogP contribution < -0.4 is 4.74 Å². The van der Waals surface area contributed by atoms with Gasteiger partial charge in [0, 0.05) is 10.5 Å². The molecule has 0 heterocycles. The average molecular weight is 255 g/mol. The molecule has 96 valence electrons. The van der Waals surface area contributed by atoms with Gasteiger partial charge in [-0.1, -0.05) is 17.2 Å². The molecule has 0 bridgehead atoms. The van der Waals surface area contributed by atoms with Crippen molar-refractivity contribution in [3.8, 4) is 5.75 Å². The average Bonchev–Trinajstić information content (AvgIpc) is 2.27. The summed E-state index contributed by atoms with van der Waals surface area (Å²) in [7, 11) is 0. The van der Waals surface area contributed by atoms with Gasteiger partial charge in [-0.2, -0.15) is 8.78 Å². The number of hydrogen-bond acceptors (Lipinski definition) is 3. The van der Waals surface area contributed by atoms with Crippen molar-refractivity contribution in [2.45, 2.75) is 26.0 Å². The van der Waals surface area contributed by atoms with Crippen LogP contribution >= 0.6 is 0 Å². The highest BCUT2D eigenvalue weighted by Gasteiger charge is 2.27. The number of ketones is 1. The molecule has 0 saturated carbocycles. The zero-order valence-corrected chi connectivity index (χ0v) is 9.80. The van der Waals surface area contributed by atoms with Gasteiger partial charge in [-0.15, -0.1) is 0 Å². The summed E-state index contributed by atoms with van der Waals surface area (Å²) in [5, 5.41) is 3.37. The number of halogens is 2. The van der Waals surface area contributed by atoms with Crippen molar-refractivity contribution in [2.75, 3.05) is 0 Å². The Morgan fingerprint density at radius 2 is 2.17 bits per heavy atom. The molecule has 5 nitrogen and oxygen atoms in total. The van der Waals surface area contributed by atoms with E-state index >= 15 is 0 Å². The fourth-order valence-corrected chi connectivity index (χ4v) is 1.32. The van der Waals surface area contributed by atoms with Crippen LogP contribution in [0.1, 0.15) is 24.2 Å². The number of benzene rings is 1. The second-order valence-corrected chi connectivity index (χ2v) is 3.98. The maximum absolute atomic E-state index is 12.0. The summed E-state index contributed by atoms with van der Waals surface area (Å²) >= 11 is 0. The van der Waals surface area contributed by atoms with Gasteiger partial charge in [0.25, 0.3) is 0 Å². The number of carbonyl (C=O) groups is 1. The van der Waals surface area contributed by atoms with E-state index in [0.717, 1.165) is 0 Å². The number of nitrogens with zero attached hydrogens (tertiary/aromatic N) is 3. The molecule has 0 amide bonds. The van der Waals surface area contributed by atoms with Gasteiger partial charge in [-0.3, -0.25) is 4.79 Å². The molecule has 1 aromatic carbocycles. The fraction of sp³-hybridized carbons (Fsp3) is 0.364. The summed E-state index contributed by atoms with van der Waals surface area (Å²) in [6.07, 6.45) is 0. The van der Waals surface area contributed by atoms with E-state index in [0.29, 0.717) is 0 Å². The molecule has 0 aliphatic heterocycles. The van der Waals surface area contributed by atoms with E-state index in [4.69, 9.17) is 5.53 Å². The molecule has 0 aromatic heterocycles. The molecule has 0 spiro atoms. The maximum Gasteiger partial charge on any atom is 0.387 e. The third-order valence-electron chi connectivity index (χ3n) is 2.17. The number of alkyl halides is 2. The Hall–Kier alpha value is -2.14. The van der Waals surface area contributed by atoms with Crippen LogP contribution in [0.25, 0.3) is 10.4 Å². The quantitative estimate of drug-likeness (QED) is 0.349. The zero-order chi connectivity index (χ0) is 13.8. The van der Waals surface area contributed by atoms with Crippen molar-refractivity contribution < 1.29 is 18.3 Å². The van der Waals surface area contributed by atoms with Crippen LogP contribution in [-0.2, 0) is 0 Å². The summed E-state index contributed by atoms with van der Waals surface area (Å²) in [5.74, 6) is -0.590. The molecule has 18 heavy (non-hydrogen) atoms. The van der Waals surface area contributed by atoms with Gasteiger partial charge in [0.1, 0.15) is 11.3 Å². The van der Waals surface area contributed by atoms with E-state index in [9.17, 15) is 13.6 Å². The Kier molecular flexibility index (Phi) is 4.23. The van der Waals surface area contributed by atoms with Gasteiger partial charge in [0.15, 0.2) is 5.78 Å². The zero-order valence-electron chi connectivity index (χ0n) is 9.80. The minimum Gasteiger partial charge on any atom is -0.435 e. The van der Waals surface area contributed by atoms with Crippen molar-refractivity contribution in [1.29, 1.82) is 0 Å². The first-order valence-electron chi connectivity index (χ1n) is 5.03. The molecule has 0 atom stereocenters. The Morgan fingerprint density at radius 3 is 2.72 bits per heavy atom. The lowest BCUT2D eigenvalue weighted by molar-refractivity contribution is -0.0498. The highest BCUT2D eigenvalue weighted by Crippen LogP contribution is 2.22. The third kappa shape index (κ3) is 3.43. The van der Waals surface area contributed by atoms with E-state index in [2.05, 4.69) is 14.8 Å². The molecule has 0 unspecified atom stereocenters. The smallest absolute Gasteiger partial charge is 0.387 e. The molecule has 0 fully saturated rings. The normalized spacial score (nSPS) is 10.9. The summed E-state index contributed by atoms with van der Waals surface area (Å²) < 4.78 is 28.3. The Balaban J connectivity index is 3.03. The largest absolute Gasteiger partial charge is 0.435 e. The Labute approximate surface area is 102 Å². The summed E-state index contributed by atoms with van der Waals surface area (Å²) in [5.41, 5.74) is 7.22. The number of rotatable bonds is 5. The molecule has 0 saturated heterocycles. The predicted octanol–water partition coefficient (Wildman–Crippen LogP) is 3.56. The van der Waals surface area contributed by atoms with Crippen molar-refractivity contribution >= 4 is 5.78 Å². The molecule has 1 rings (SSSR count). The molecule has 0 radical (unpaired) electrons. The SMILES string of the molecule is CC(C)(N=[N+]=[N-])C(=O)c1cccc(OC(F)F)c1. The number of Topliss-reactive ketones (excluding diaryl/α,β-unsaturated/α-hetero) is 1. The number of ether oxygens (including phenoxy) is 1. The van der Waals surface area contributed by atoms with E-state index in [-0.39, 0.29) is 11.3 Å². The van der Waals surface area contributed by atoms with E-state index < -0.39 is 17.9 Å². The minimum absolute atomic E-state index is 0.118. The predicted molar refractivity (Wildman–Crippen MR) is 60.6 cm³/mol. The summed E-state index contributed by atoms with van der Waals surface area (Å²) in [6, 6.07) is 5.35. The van der Waals surface area contributed by atoms with Crippen LogP contribution in [-0.4, -0.2) is 17.9 Å². The van der Waals surface area contributed by atoms with Crippen LogP contribution in [0.3, 0.4) is 0 Å². The van der Waals surface area contributed by atoms with E-state index in [1.54, 1.807) is 0 Å². The fourth-order valence-electron chi connectivity index (χ4n) is 1.32. The second kappa shape index (κ2) is 5.46. The molecule has 0 aliphatic rings. The number of carbonyl (C=O) groups excluding carboxylic acids is 1. The van der Waals surface area contributed by atoms with Crippen molar-refractivity contribution in [1.82, 2.24) is 0 Å². The van der Waals surface area contributed by atoms with Crippen LogP contribution in [0.2, 0.25) is 0 Å². The standard InChI is InChI=1S/C11H11F2N3O2/c1-11(2,15-16-14)9(17)7-4-3-5-8(6-7)18-10(12)13/h3-6,10H,1-2H3. The van der Waals surface area contributed by atoms with E-state index in [1.807, 2.05) is 0 Å². The Morgan fingerprint density at radius 1 is 1.50 bits per heavy atom. The van der Waals surface area contributed by atoms with Gasteiger partial charge in [-0.25, -0.2) is 0 Å². The molecule has 0 N–H and O–H groups in total. The first kappa shape index (κ1) is 13.9. The van der Waals surface area contributed by atoms with Gasteiger partial charge < -0.3 is 4.74 Å². The summed E-state index contributed by atoms with van der Waals surface area (Å²) in [6.45, 7) is -0.0775. The van der Waals surface area contributed by atoms with Gasteiger partial charge in [0.05, 0.1) is 0 Å². The lowest BCUT2D eigenvalue weighted by Gasteiger charge is -2.16. The van der Waals surface area contributed by atoms with Crippen LogP contribution in [0.5, 0.6) is 5.75 Å². The van der Waals surface area contributed by atoms with Crippen LogP contribution in [0.15, 0.2) is 29.4 Å². The molecule has 1 aromatic rings. The highest BCUT2D eigenvalue weighted by molar-refractivity contribution is 6.03. The van der Waals surface area contributed by atoms with Gasteiger partial charge >= 0.3 is 6.61 Å². The first-order chi connectivity index (χ1) is 8.36. The van der Waals surface area contributed by atoms with Crippen LogP contribution in [0, 0.1) is 0 Å². The summed E-state index contributed by atoms with van der Waals surface area (Å²) in [4.78, 5) is 14.6. The molecular formula is C11H11F2N3O2. The maximum atomic E-state index is 12.0. The topological polar surface area (TPSA) is 75.1 Å². The first-order valence-corrected chi connectivity index (χ1v) is 5.03. The van der Waals surface area contributed by atoms with E-state index in [1.165, 1.54) is 38.1 Å². The number of hydrogen-bond donors (Lipinski definition) is 0. The lowest BCUT2D eigenvalue weighted by atomic mass is 9.94. The molecular weight excluding hydrogens is 244 g/mol. The minimum atomic E-state index is -2.96. The monoisotopic (exact) mass is 255 g/mol. The number of azide groups is 1. The van der Waals surface area contributed by atoms with Crippen molar-refractivity contribution in [3.63, 3.8) is 0 Å². The molecule has 0 aliphatic carbocycles. The lowest BCUT2D eigenvalue weighted by Crippen LogP contribution is -2.28. The second-order valence-electron chi connectivity index (χ2n) is 3.98. The van der Waals surface area contributed by atoms with Crippen molar-refractivity contribution in [2.24, 2.45) is 5.11 Å². The highest BCUT2D eigenvalue weighted by atomic mass is 19.3. The van der Waals surface area contributed by atoms with Gasteiger partial charge in [0.2, 0.25) is 0 Å². The van der Waals surface area contributed by atoms with Crippen LogP contribution in [0.4, 0.5) is 8.78 Å². The van der Waals surface area contributed by atoms with Gasteiger partial charge in [-0.05, 0) is 31.5 Å². The van der Waals surface area contributed by atoms with Crippen molar-refractivity contribution in [3.05, 3.63) is 40.3 Å².